The Morgan fingerprint density at radius 3 is 2.50 bits per heavy atom. The van der Waals surface area contributed by atoms with Gasteiger partial charge in [0, 0.05) is 17.6 Å². The summed E-state index contributed by atoms with van der Waals surface area (Å²) in [6.07, 6.45) is 1.69. The van der Waals surface area contributed by atoms with Gasteiger partial charge in [-0.1, -0.05) is 30.3 Å². The maximum absolute atomic E-state index is 12.5. The van der Waals surface area contributed by atoms with Crippen molar-refractivity contribution in [2.24, 2.45) is 0 Å². The van der Waals surface area contributed by atoms with Crippen LogP contribution in [-0.2, 0) is 4.79 Å². The maximum Gasteiger partial charge on any atom is 0.246 e. The van der Waals surface area contributed by atoms with Crippen molar-refractivity contribution in [1.82, 2.24) is 9.88 Å². The van der Waals surface area contributed by atoms with E-state index in [1.807, 2.05) is 62.3 Å². The Bertz CT molecular complexity index is 581. The van der Waals surface area contributed by atoms with Crippen LogP contribution in [0.25, 0.3) is 0 Å². The van der Waals surface area contributed by atoms with Gasteiger partial charge in [0.2, 0.25) is 5.91 Å². The highest BCUT2D eigenvalue weighted by Crippen LogP contribution is 2.20. The number of hydrogen-bond donors (Lipinski definition) is 1. The van der Waals surface area contributed by atoms with Crippen LogP contribution < -0.4 is 5.32 Å². The molecule has 2 rings (SSSR count). The van der Waals surface area contributed by atoms with Crippen molar-refractivity contribution >= 4 is 11.6 Å². The van der Waals surface area contributed by atoms with E-state index in [0.29, 0.717) is 0 Å². The number of pyridine rings is 1. The van der Waals surface area contributed by atoms with E-state index in [-0.39, 0.29) is 11.9 Å². The molecule has 1 unspecified atom stereocenters. The van der Waals surface area contributed by atoms with Gasteiger partial charge in [-0.25, -0.2) is 0 Å². The molecule has 1 atom stereocenters. The van der Waals surface area contributed by atoms with Crippen molar-refractivity contribution in [3.8, 4) is 0 Å². The monoisotopic (exact) mass is 269 g/mol. The van der Waals surface area contributed by atoms with Gasteiger partial charge in [0.1, 0.15) is 6.04 Å². The second-order valence-electron chi connectivity index (χ2n) is 4.95. The number of aromatic nitrogens is 1. The second kappa shape index (κ2) is 6.30. The lowest BCUT2D eigenvalue weighted by molar-refractivity contribution is -0.120. The fraction of sp³-hybridized carbons (Fsp3) is 0.250. The Morgan fingerprint density at radius 1 is 1.20 bits per heavy atom. The number of aryl methyl sites for hydroxylation is 1. The van der Waals surface area contributed by atoms with Crippen LogP contribution in [0, 0.1) is 6.92 Å². The summed E-state index contributed by atoms with van der Waals surface area (Å²) in [5.41, 5.74) is 2.62. The number of anilines is 1. The van der Waals surface area contributed by atoms with Crippen molar-refractivity contribution in [2.75, 3.05) is 19.4 Å². The van der Waals surface area contributed by atoms with Crippen molar-refractivity contribution < 1.29 is 4.79 Å². The standard InChI is InChI=1S/C16H19N3O/c1-12-11-14(9-10-17-12)18-16(20)15(19(2)3)13-7-5-4-6-8-13/h4-11,15H,1-3H3,(H,17,18,20). The number of hydrogen-bond acceptors (Lipinski definition) is 3. The molecule has 0 aliphatic rings. The number of carbonyl (C=O) groups excluding carboxylic acids is 1. The molecule has 20 heavy (non-hydrogen) atoms. The molecule has 0 saturated heterocycles. The molecule has 0 aliphatic carbocycles. The van der Waals surface area contributed by atoms with E-state index in [1.165, 1.54) is 0 Å². The highest BCUT2D eigenvalue weighted by Gasteiger charge is 2.22. The van der Waals surface area contributed by atoms with Gasteiger partial charge in [-0.05, 0) is 38.7 Å². The molecule has 4 nitrogen and oxygen atoms in total. The molecular weight excluding hydrogens is 250 g/mol. The lowest BCUT2D eigenvalue weighted by Crippen LogP contribution is -2.32. The Morgan fingerprint density at radius 2 is 1.90 bits per heavy atom. The van der Waals surface area contributed by atoms with Crippen LogP contribution in [0.15, 0.2) is 48.7 Å². The van der Waals surface area contributed by atoms with Crippen LogP contribution in [0.2, 0.25) is 0 Å². The van der Waals surface area contributed by atoms with E-state index >= 15 is 0 Å². The van der Waals surface area contributed by atoms with Gasteiger partial charge in [0.15, 0.2) is 0 Å². The van der Waals surface area contributed by atoms with Gasteiger partial charge in [-0.2, -0.15) is 0 Å². The van der Waals surface area contributed by atoms with Crippen LogP contribution in [0.4, 0.5) is 5.69 Å². The van der Waals surface area contributed by atoms with Crippen LogP contribution in [0.5, 0.6) is 0 Å². The number of carbonyl (C=O) groups is 1. The number of nitrogens with zero attached hydrogens (tertiary/aromatic N) is 2. The van der Waals surface area contributed by atoms with Crippen LogP contribution in [-0.4, -0.2) is 29.9 Å². The first-order chi connectivity index (χ1) is 9.58. The third kappa shape index (κ3) is 3.42. The molecule has 0 spiro atoms. The molecule has 2 aromatic rings. The Hall–Kier alpha value is -2.20. The van der Waals surface area contributed by atoms with Gasteiger partial charge in [-0.15, -0.1) is 0 Å². The molecule has 1 N–H and O–H groups in total. The Balaban J connectivity index is 2.20. The Labute approximate surface area is 119 Å². The molecule has 0 fully saturated rings. The van der Waals surface area contributed by atoms with Gasteiger partial charge >= 0.3 is 0 Å². The van der Waals surface area contributed by atoms with Crippen LogP contribution >= 0.6 is 0 Å². The first-order valence-electron chi connectivity index (χ1n) is 6.53. The average Bonchev–Trinajstić information content (AvgIpc) is 2.39. The van der Waals surface area contributed by atoms with E-state index in [9.17, 15) is 4.79 Å². The molecule has 0 aliphatic heterocycles. The molecule has 1 aromatic carbocycles. The molecule has 1 aromatic heterocycles. The van der Waals surface area contributed by atoms with E-state index in [1.54, 1.807) is 12.3 Å². The van der Waals surface area contributed by atoms with Crippen LogP contribution in [0.3, 0.4) is 0 Å². The second-order valence-corrected chi connectivity index (χ2v) is 4.95. The van der Waals surface area contributed by atoms with E-state index in [2.05, 4.69) is 10.3 Å². The summed E-state index contributed by atoms with van der Waals surface area (Å²) in [5.74, 6) is -0.0493. The fourth-order valence-electron chi connectivity index (χ4n) is 2.15. The zero-order chi connectivity index (χ0) is 14.5. The quantitative estimate of drug-likeness (QED) is 0.928. The predicted octanol–water partition coefficient (Wildman–Crippen LogP) is 2.63. The zero-order valence-electron chi connectivity index (χ0n) is 12.0. The number of amides is 1. The highest BCUT2D eigenvalue weighted by molar-refractivity contribution is 5.95. The number of benzene rings is 1. The van der Waals surface area contributed by atoms with E-state index in [4.69, 9.17) is 0 Å². The Kier molecular flexibility index (Phi) is 4.48. The molecule has 0 bridgehead atoms. The number of rotatable bonds is 4. The van der Waals surface area contributed by atoms with Crippen molar-refractivity contribution in [3.63, 3.8) is 0 Å². The van der Waals surface area contributed by atoms with Gasteiger partial charge in [0.25, 0.3) is 0 Å². The highest BCUT2D eigenvalue weighted by atomic mass is 16.2. The third-order valence-corrected chi connectivity index (χ3v) is 3.04. The number of likely N-dealkylation sites (N-methyl/N-ethyl adjacent to an activating group) is 1. The summed E-state index contributed by atoms with van der Waals surface area (Å²) in [4.78, 5) is 18.5. The lowest BCUT2D eigenvalue weighted by Gasteiger charge is -2.23. The van der Waals surface area contributed by atoms with Crippen molar-refractivity contribution in [2.45, 2.75) is 13.0 Å². The summed E-state index contributed by atoms with van der Waals surface area (Å²) < 4.78 is 0. The van der Waals surface area contributed by atoms with E-state index in [0.717, 1.165) is 16.9 Å². The lowest BCUT2D eigenvalue weighted by atomic mass is 10.1. The average molecular weight is 269 g/mol. The maximum atomic E-state index is 12.5. The summed E-state index contributed by atoms with van der Waals surface area (Å²) >= 11 is 0. The van der Waals surface area contributed by atoms with Gasteiger partial charge in [0.05, 0.1) is 0 Å². The van der Waals surface area contributed by atoms with Crippen molar-refractivity contribution in [3.05, 3.63) is 59.9 Å². The SMILES string of the molecule is Cc1cc(NC(=O)C(c2ccccc2)N(C)C)ccn1. The minimum absolute atomic E-state index is 0.0493. The first kappa shape index (κ1) is 14.2. The van der Waals surface area contributed by atoms with Gasteiger partial charge < -0.3 is 5.32 Å². The summed E-state index contributed by atoms with van der Waals surface area (Å²) in [5, 5.41) is 2.94. The normalized spacial score (nSPS) is 12.2. The molecule has 1 amide bonds. The van der Waals surface area contributed by atoms with Crippen molar-refractivity contribution in [1.29, 1.82) is 0 Å². The van der Waals surface area contributed by atoms with E-state index < -0.39 is 0 Å². The fourth-order valence-corrected chi connectivity index (χ4v) is 2.15. The molecular formula is C16H19N3O. The minimum Gasteiger partial charge on any atom is -0.324 e. The number of nitrogens with one attached hydrogen (secondary N) is 1. The smallest absolute Gasteiger partial charge is 0.246 e. The molecule has 104 valence electrons. The molecule has 0 radical (unpaired) electrons. The van der Waals surface area contributed by atoms with Gasteiger partial charge in [-0.3, -0.25) is 14.7 Å². The predicted molar refractivity (Wildman–Crippen MR) is 80.5 cm³/mol. The largest absolute Gasteiger partial charge is 0.324 e. The topological polar surface area (TPSA) is 45.2 Å². The summed E-state index contributed by atoms with van der Waals surface area (Å²) in [6.45, 7) is 1.90. The first-order valence-corrected chi connectivity index (χ1v) is 6.53. The molecule has 1 heterocycles. The zero-order valence-corrected chi connectivity index (χ0v) is 12.0. The molecule has 4 heteroatoms. The summed E-state index contributed by atoms with van der Waals surface area (Å²) in [7, 11) is 3.80. The minimum atomic E-state index is -0.315. The molecule has 0 saturated carbocycles. The third-order valence-electron chi connectivity index (χ3n) is 3.04. The van der Waals surface area contributed by atoms with Crippen LogP contribution in [0.1, 0.15) is 17.3 Å². The summed E-state index contributed by atoms with van der Waals surface area (Å²) in [6, 6.07) is 13.1.